The number of piperidine rings is 1. The Labute approximate surface area is 155 Å². The summed E-state index contributed by atoms with van der Waals surface area (Å²) in [6, 6.07) is 4.73. The number of amides is 2. The molecule has 1 unspecified atom stereocenters. The predicted octanol–water partition coefficient (Wildman–Crippen LogP) is 1.43. The number of nitrogens with zero attached hydrogens (tertiary/aromatic N) is 3. The zero-order valence-corrected chi connectivity index (χ0v) is 14.8. The summed E-state index contributed by atoms with van der Waals surface area (Å²) in [5.41, 5.74) is 0.939. The van der Waals surface area contributed by atoms with Gasteiger partial charge in [-0.1, -0.05) is 0 Å². The first-order valence-electron chi connectivity index (χ1n) is 8.92. The molecule has 3 aliphatic rings. The van der Waals surface area contributed by atoms with Crippen LogP contribution in [0.4, 0.5) is 20.6 Å². The van der Waals surface area contributed by atoms with Gasteiger partial charge in [0.05, 0.1) is 24.5 Å². The molecule has 1 aromatic rings. The molecule has 8 nitrogen and oxygen atoms in total. The van der Waals surface area contributed by atoms with Crippen molar-refractivity contribution in [2.24, 2.45) is 22.9 Å². The van der Waals surface area contributed by atoms with Crippen LogP contribution in [0.3, 0.4) is 0 Å². The van der Waals surface area contributed by atoms with Crippen molar-refractivity contribution in [3.8, 4) is 0 Å². The van der Waals surface area contributed by atoms with Crippen LogP contribution in [-0.4, -0.2) is 55.7 Å². The minimum atomic E-state index is -0.550. The van der Waals surface area contributed by atoms with E-state index in [-0.39, 0.29) is 30.7 Å². The molecule has 4 atom stereocenters. The fraction of sp³-hybridized carbons (Fsp3) is 0.500. The fourth-order valence-corrected chi connectivity index (χ4v) is 4.08. The van der Waals surface area contributed by atoms with E-state index in [1.165, 1.54) is 17.9 Å². The molecule has 2 N–H and O–H groups in total. The summed E-state index contributed by atoms with van der Waals surface area (Å²) in [6.45, 7) is 3.33. The number of hydrogen-bond acceptors (Lipinski definition) is 6. The highest BCUT2D eigenvalue weighted by Crippen LogP contribution is 2.51. The summed E-state index contributed by atoms with van der Waals surface area (Å²) in [5, 5.41) is 14.3. The third-order valence-corrected chi connectivity index (χ3v) is 5.54. The van der Waals surface area contributed by atoms with Crippen LogP contribution in [0.2, 0.25) is 0 Å². The van der Waals surface area contributed by atoms with Gasteiger partial charge in [-0.05, 0) is 30.0 Å². The van der Waals surface area contributed by atoms with Crippen molar-refractivity contribution >= 4 is 29.6 Å². The summed E-state index contributed by atoms with van der Waals surface area (Å²) in [4.78, 5) is 26.4. The molecular formula is C18H21FN4O4. The Balaban J connectivity index is 1.41. The van der Waals surface area contributed by atoms with E-state index in [1.807, 2.05) is 4.90 Å². The first-order valence-corrected chi connectivity index (χ1v) is 8.92. The van der Waals surface area contributed by atoms with Gasteiger partial charge < -0.3 is 20.2 Å². The highest BCUT2D eigenvalue weighted by Gasteiger charge is 2.55. The second-order valence-corrected chi connectivity index (χ2v) is 7.26. The molecule has 2 amide bonds. The van der Waals surface area contributed by atoms with Crippen molar-refractivity contribution in [3.63, 3.8) is 0 Å². The predicted molar refractivity (Wildman–Crippen MR) is 95.7 cm³/mol. The summed E-state index contributed by atoms with van der Waals surface area (Å²) in [6.07, 6.45) is 0.550. The first kappa shape index (κ1) is 17.6. The minimum absolute atomic E-state index is 0.198. The van der Waals surface area contributed by atoms with E-state index >= 15 is 0 Å². The minimum Gasteiger partial charge on any atom is -0.442 e. The van der Waals surface area contributed by atoms with Crippen LogP contribution in [0.15, 0.2) is 23.4 Å². The van der Waals surface area contributed by atoms with E-state index < -0.39 is 12.2 Å². The number of anilines is 2. The SMILES string of the molecule is CC(=O)NC[C@H]1CN(c2ccc(N3C[C@@H]4C(/C=N\O)[C@@H]4C3)c(F)c2)C(=O)O1. The standard InChI is InChI=1S/C18H21FN4O4/c1-10(24)20-5-12-7-23(18(25)27-12)11-2-3-17(16(19)4-11)22-8-14-13(6-21-26)15(14)9-22/h2-4,6,12-15,26H,5,7-9H2,1H3,(H,20,24)/b21-6-/t12-,13?,14-,15+/m0/s1. The average molecular weight is 376 g/mol. The molecule has 0 aromatic heterocycles. The normalized spacial score (nSPS) is 29.2. The van der Waals surface area contributed by atoms with Gasteiger partial charge in [0, 0.05) is 32.1 Å². The van der Waals surface area contributed by atoms with Gasteiger partial charge in [0.15, 0.2) is 0 Å². The Morgan fingerprint density at radius 3 is 2.78 bits per heavy atom. The van der Waals surface area contributed by atoms with Gasteiger partial charge in [-0.25, -0.2) is 9.18 Å². The van der Waals surface area contributed by atoms with Gasteiger partial charge in [0.2, 0.25) is 5.91 Å². The third-order valence-electron chi connectivity index (χ3n) is 5.54. The highest BCUT2D eigenvalue weighted by atomic mass is 19.1. The summed E-state index contributed by atoms with van der Waals surface area (Å²) in [5.74, 6) is 0.509. The third kappa shape index (κ3) is 3.29. The van der Waals surface area contributed by atoms with E-state index in [2.05, 4.69) is 10.5 Å². The number of fused-ring (bicyclic) bond motifs is 1. The molecule has 3 fully saturated rings. The number of halogens is 1. The largest absolute Gasteiger partial charge is 0.442 e. The molecule has 0 spiro atoms. The van der Waals surface area contributed by atoms with E-state index in [4.69, 9.17) is 9.94 Å². The zero-order chi connectivity index (χ0) is 19.1. The van der Waals surface area contributed by atoms with E-state index in [1.54, 1.807) is 18.3 Å². The van der Waals surface area contributed by atoms with Crippen molar-refractivity contribution in [1.82, 2.24) is 5.32 Å². The van der Waals surface area contributed by atoms with Gasteiger partial charge in [0.25, 0.3) is 0 Å². The maximum absolute atomic E-state index is 14.7. The maximum Gasteiger partial charge on any atom is 0.414 e. The average Bonchev–Trinajstić information content (AvgIpc) is 2.98. The number of nitrogens with one attached hydrogen (secondary N) is 1. The number of oxime groups is 1. The van der Waals surface area contributed by atoms with Crippen molar-refractivity contribution in [2.45, 2.75) is 13.0 Å². The van der Waals surface area contributed by atoms with E-state index in [0.717, 1.165) is 13.1 Å². The number of rotatable bonds is 5. The molecule has 1 aromatic carbocycles. The van der Waals surface area contributed by atoms with Gasteiger partial charge in [-0.15, -0.1) is 5.16 Å². The molecule has 27 heavy (non-hydrogen) atoms. The van der Waals surface area contributed by atoms with E-state index in [0.29, 0.717) is 23.2 Å². The number of benzene rings is 1. The molecule has 2 aliphatic heterocycles. The van der Waals surface area contributed by atoms with Crippen LogP contribution < -0.4 is 15.1 Å². The van der Waals surface area contributed by atoms with Crippen molar-refractivity contribution < 1.29 is 23.9 Å². The second kappa shape index (κ2) is 6.71. The fourth-order valence-electron chi connectivity index (χ4n) is 4.08. The first-order chi connectivity index (χ1) is 13.0. The number of hydrogen-bond donors (Lipinski definition) is 2. The Kier molecular flexibility index (Phi) is 4.37. The Morgan fingerprint density at radius 1 is 1.41 bits per heavy atom. The van der Waals surface area contributed by atoms with Gasteiger partial charge in [-0.3, -0.25) is 9.69 Å². The van der Waals surface area contributed by atoms with Crippen molar-refractivity contribution in [3.05, 3.63) is 24.0 Å². The molecule has 2 heterocycles. The van der Waals surface area contributed by atoms with Gasteiger partial charge >= 0.3 is 6.09 Å². The van der Waals surface area contributed by atoms with Crippen LogP contribution >= 0.6 is 0 Å². The molecular weight excluding hydrogens is 355 g/mol. The zero-order valence-electron chi connectivity index (χ0n) is 14.8. The van der Waals surface area contributed by atoms with Crippen molar-refractivity contribution in [2.75, 3.05) is 36.0 Å². The molecule has 2 saturated heterocycles. The molecule has 0 bridgehead atoms. The second-order valence-electron chi connectivity index (χ2n) is 7.26. The Morgan fingerprint density at radius 2 is 2.15 bits per heavy atom. The quantitative estimate of drug-likeness (QED) is 0.461. The van der Waals surface area contributed by atoms with Crippen molar-refractivity contribution in [1.29, 1.82) is 0 Å². The molecule has 0 radical (unpaired) electrons. The van der Waals surface area contributed by atoms with Crippen LogP contribution in [0, 0.1) is 23.6 Å². The van der Waals surface area contributed by atoms with Crippen LogP contribution in [0.5, 0.6) is 0 Å². The number of carbonyl (C=O) groups excluding carboxylic acids is 2. The van der Waals surface area contributed by atoms with Gasteiger partial charge in [-0.2, -0.15) is 0 Å². The smallest absolute Gasteiger partial charge is 0.414 e. The molecule has 1 aliphatic carbocycles. The summed E-state index contributed by atoms with van der Waals surface area (Å²) >= 11 is 0. The monoisotopic (exact) mass is 376 g/mol. The van der Waals surface area contributed by atoms with Crippen LogP contribution in [-0.2, 0) is 9.53 Å². The number of ether oxygens (including phenoxy) is 1. The lowest BCUT2D eigenvalue weighted by Gasteiger charge is -2.23. The van der Waals surface area contributed by atoms with Crippen LogP contribution in [0.25, 0.3) is 0 Å². The number of cyclic esters (lactones) is 1. The Bertz CT molecular complexity index is 790. The number of carbonyl (C=O) groups is 2. The van der Waals surface area contributed by atoms with Gasteiger partial charge in [0.1, 0.15) is 11.9 Å². The lowest BCUT2D eigenvalue weighted by molar-refractivity contribution is -0.119. The lowest BCUT2D eigenvalue weighted by atomic mass is 10.2. The Hall–Kier alpha value is -2.84. The summed E-state index contributed by atoms with van der Waals surface area (Å²) in [7, 11) is 0. The molecule has 144 valence electrons. The summed E-state index contributed by atoms with van der Waals surface area (Å²) < 4.78 is 19.9. The molecule has 9 heteroatoms. The molecule has 4 rings (SSSR count). The lowest BCUT2D eigenvalue weighted by Crippen LogP contribution is -2.33. The molecule has 1 saturated carbocycles. The van der Waals surface area contributed by atoms with E-state index in [9.17, 15) is 14.0 Å². The maximum atomic E-state index is 14.7. The highest BCUT2D eigenvalue weighted by molar-refractivity contribution is 5.90. The van der Waals surface area contributed by atoms with Crippen LogP contribution in [0.1, 0.15) is 6.92 Å². The topological polar surface area (TPSA) is 94.5 Å².